The second kappa shape index (κ2) is 5.23. The van der Waals surface area contributed by atoms with Gasteiger partial charge in [0.2, 0.25) is 0 Å². The maximum atomic E-state index is 4.65. The molecule has 0 radical (unpaired) electrons. The number of unbranched alkanes of at least 4 members (excludes halogenated alkanes) is 1. The molecule has 5 nitrogen and oxygen atoms in total. The van der Waals surface area contributed by atoms with Gasteiger partial charge in [0.05, 0.1) is 12.2 Å². The lowest BCUT2D eigenvalue weighted by Gasteiger charge is -2.31. The van der Waals surface area contributed by atoms with Crippen molar-refractivity contribution in [1.82, 2.24) is 19.7 Å². The highest BCUT2D eigenvalue weighted by Crippen LogP contribution is 2.32. The van der Waals surface area contributed by atoms with E-state index in [-0.39, 0.29) is 0 Å². The van der Waals surface area contributed by atoms with Gasteiger partial charge in [-0.15, -0.1) is 10.2 Å². The van der Waals surface area contributed by atoms with Crippen LogP contribution in [0.4, 0.5) is 5.69 Å². The lowest BCUT2D eigenvalue weighted by Crippen LogP contribution is -2.31. The van der Waals surface area contributed by atoms with E-state index >= 15 is 0 Å². The molecule has 2 aromatic rings. The molecule has 0 atom stereocenters. The van der Waals surface area contributed by atoms with E-state index in [2.05, 4.69) is 46.9 Å². The smallest absolute Gasteiger partial charge is 0.163 e. The van der Waals surface area contributed by atoms with Gasteiger partial charge in [0.1, 0.15) is 6.33 Å². The third-order valence-electron chi connectivity index (χ3n) is 3.84. The molecule has 0 aromatic carbocycles. The van der Waals surface area contributed by atoms with Crippen LogP contribution in [-0.4, -0.2) is 26.3 Å². The third-order valence-corrected chi connectivity index (χ3v) is 3.84. The minimum atomic E-state index is 0.489. The molecule has 106 valence electrons. The third kappa shape index (κ3) is 2.17. The number of rotatable bonds is 4. The second-order valence-electron chi connectivity index (χ2n) is 5.66. The zero-order chi connectivity index (χ0) is 14.1. The summed E-state index contributed by atoms with van der Waals surface area (Å²) < 4.78 is 2.00. The Morgan fingerprint density at radius 1 is 1.35 bits per heavy atom. The van der Waals surface area contributed by atoms with Gasteiger partial charge < -0.3 is 4.90 Å². The van der Waals surface area contributed by atoms with Crippen molar-refractivity contribution in [3.05, 3.63) is 30.0 Å². The molecule has 5 heteroatoms. The van der Waals surface area contributed by atoms with Crippen LogP contribution in [0.25, 0.3) is 5.82 Å². The number of pyridine rings is 1. The van der Waals surface area contributed by atoms with Gasteiger partial charge >= 0.3 is 0 Å². The molecule has 0 fully saturated rings. The Labute approximate surface area is 119 Å². The Morgan fingerprint density at radius 3 is 2.95 bits per heavy atom. The molecule has 1 aliphatic heterocycles. The molecular formula is C15H21N5. The van der Waals surface area contributed by atoms with E-state index in [1.54, 1.807) is 6.33 Å². The average molecular weight is 271 g/mol. The van der Waals surface area contributed by atoms with E-state index in [4.69, 9.17) is 0 Å². The van der Waals surface area contributed by atoms with Gasteiger partial charge in [-0.05, 0) is 24.0 Å². The second-order valence-corrected chi connectivity index (χ2v) is 5.66. The summed E-state index contributed by atoms with van der Waals surface area (Å²) in [6.07, 6.45) is 6.10. The van der Waals surface area contributed by atoms with E-state index in [1.165, 1.54) is 24.1 Å². The predicted molar refractivity (Wildman–Crippen MR) is 79.2 cm³/mol. The fraction of sp³-hybridized carbons (Fsp3) is 0.533. The normalized spacial score (nSPS) is 13.5. The molecule has 0 bridgehead atoms. The van der Waals surface area contributed by atoms with Gasteiger partial charge in [0.25, 0.3) is 0 Å². The fourth-order valence-corrected chi connectivity index (χ4v) is 2.54. The molecule has 0 spiro atoms. The van der Waals surface area contributed by atoms with Crippen molar-refractivity contribution in [2.45, 2.75) is 46.1 Å². The van der Waals surface area contributed by atoms with Crippen LogP contribution < -0.4 is 4.90 Å². The molecule has 3 rings (SSSR count). The van der Waals surface area contributed by atoms with Crippen molar-refractivity contribution in [2.75, 3.05) is 11.4 Å². The molecule has 1 aliphatic rings. The van der Waals surface area contributed by atoms with Crippen LogP contribution >= 0.6 is 0 Å². The van der Waals surface area contributed by atoms with Gasteiger partial charge in [-0.25, -0.2) is 4.98 Å². The van der Waals surface area contributed by atoms with Gasteiger partial charge in [-0.3, -0.25) is 4.57 Å². The first-order chi connectivity index (χ1) is 9.70. The first-order valence-corrected chi connectivity index (χ1v) is 7.35. The summed E-state index contributed by atoms with van der Waals surface area (Å²) in [5, 5.41) is 8.22. The zero-order valence-electron chi connectivity index (χ0n) is 12.4. The quantitative estimate of drug-likeness (QED) is 0.858. The van der Waals surface area contributed by atoms with Crippen molar-refractivity contribution in [2.24, 2.45) is 0 Å². The first-order valence-electron chi connectivity index (χ1n) is 7.35. The van der Waals surface area contributed by atoms with Crippen molar-refractivity contribution < 1.29 is 0 Å². The number of hydrogen-bond donors (Lipinski definition) is 0. The standard InChI is InChI=1S/C15H21N5/c1-4-5-6-19-9-14-18-17-10-20(14)15-13(19)7-12(8-16-15)11(2)3/h7-8,10-11H,4-6,9H2,1-3H3. The number of anilines is 1. The van der Waals surface area contributed by atoms with E-state index in [1.807, 2.05) is 10.8 Å². The summed E-state index contributed by atoms with van der Waals surface area (Å²) in [4.78, 5) is 7.03. The fourth-order valence-electron chi connectivity index (χ4n) is 2.54. The van der Waals surface area contributed by atoms with Gasteiger partial charge in [0, 0.05) is 12.7 Å². The van der Waals surface area contributed by atoms with Crippen molar-refractivity contribution in [3.8, 4) is 5.82 Å². The summed E-state index contributed by atoms with van der Waals surface area (Å²) in [6.45, 7) is 8.48. The maximum Gasteiger partial charge on any atom is 0.163 e. The highest BCUT2D eigenvalue weighted by Gasteiger charge is 2.24. The van der Waals surface area contributed by atoms with Crippen LogP contribution in [0.3, 0.4) is 0 Å². The number of fused-ring (bicyclic) bond motifs is 3. The summed E-state index contributed by atoms with van der Waals surface area (Å²) >= 11 is 0. The van der Waals surface area contributed by atoms with Crippen LogP contribution in [0.1, 0.15) is 50.9 Å². The minimum Gasteiger partial charge on any atom is -0.361 e. The Morgan fingerprint density at radius 2 is 2.20 bits per heavy atom. The van der Waals surface area contributed by atoms with E-state index in [0.717, 1.165) is 24.7 Å². The Balaban J connectivity index is 2.05. The highest BCUT2D eigenvalue weighted by atomic mass is 15.3. The van der Waals surface area contributed by atoms with Crippen LogP contribution in [-0.2, 0) is 6.54 Å². The van der Waals surface area contributed by atoms with E-state index in [9.17, 15) is 0 Å². The van der Waals surface area contributed by atoms with Crippen LogP contribution in [0.5, 0.6) is 0 Å². The molecule has 0 amide bonds. The topological polar surface area (TPSA) is 46.8 Å². The summed E-state index contributed by atoms with van der Waals surface area (Å²) in [5.74, 6) is 2.42. The Bertz CT molecular complexity index is 602. The Hall–Kier alpha value is -1.91. The molecule has 0 unspecified atom stereocenters. The van der Waals surface area contributed by atoms with Crippen molar-refractivity contribution in [1.29, 1.82) is 0 Å². The zero-order valence-corrected chi connectivity index (χ0v) is 12.4. The van der Waals surface area contributed by atoms with Gasteiger partial charge in [-0.1, -0.05) is 27.2 Å². The van der Waals surface area contributed by atoms with Crippen molar-refractivity contribution in [3.63, 3.8) is 0 Å². The molecule has 3 heterocycles. The number of nitrogens with zero attached hydrogens (tertiary/aromatic N) is 5. The predicted octanol–water partition coefficient (Wildman–Crippen LogP) is 2.91. The molecule has 0 saturated carbocycles. The highest BCUT2D eigenvalue weighted by molar-refractivity contribution is 5.62. The first kappa shape index (κ1) is 13.1. The molecule has 0 N–H and O–H groups in total. The summed E-state index contributed by atoms with van der Waals surface area (Å²) in [5.41, 5.74) is 2.48. The summed E-state index contributed by atoms with van der Waals surface area (Å²) in [6, 6.07) is 2.27. The lowest BCUT2D eigenvalue weighted by atomic mass is 10.0. The molecule has 2 aromatic heterocycles. The summed E-state index contributed by atoms with van der Waals surface area (Å²) in [7, 11) is 0. The number of hydrogen-bond acceptors (Lipinski definition) is 4. The van der Waals surface area contributed by atoms with Crippen LogP contribution in [0, 0.1) is 0 Å². The average Bonchev–Trinajstić information content (AvgIpc) is 2.92. The molecule has 0 aliphatic carbocycles. The van der Waals surface area contributed by atoms with Crippen molar-refractivity contribution >= 4 is 5.69 Å². The van der Waals surface area contributed by atoms with E-state index < -0.39 is 0 Å². The monoisotopic (exact) mass is 271 g/mol. The largest absolute Gasteiger partial charge is 0.361 e. The molecular weight excluding hydrogens is 250 g/mol. The molecule has 20 heavy (non-hydrogen) atoms. The molecule has 0 saturated heterocycles. The van der Waals surface area contributed by atoms with Crippen LogP contribution in [0.15, 0.2) is 18.6 Å². The lowest BCUT2D eigenvalue weighted by molar-refractivity contribution is 0.661. The number of aromatic nitrogens is 4. The van der Waals surface area contributed by atoms with Gasteiger partial charge in [-0.2, -0.15) is 0 Å². The van der Waals surface area contributed by atoms with E-state index in [0.29, 0.717) is 5.92 Å². The Kier molecular flexibility index (Phi) is 3.42. The SMILES string of the molecule is CCCCN1Cc2nncn2-c2ncc(C(C)C)cc21. The van der Waals surface area contributed by atoms with Gasteiger partial charge in [0.15, 0.2) is 11.6 Å². The minimum absolute atomic E-state index is 0.489. The maximum absolute atomic E-state index is 4.65. The van der Waals surface area contributed by atoms with Crippen LogP contribution in [0.2, 0.25) is 0 Å².